The zero-order valence-corrected chi connectivity index (χ0v) is 13.5. The molecule has 0 amide bonds. The van der Waals surface area contributed by atoms with Crippen LogP contribution in [-0.2, 0) is 6.54 Å². The maximum Gasteiger partial charge on any atom is 0.0837 e. The molecule has 1 heterocycles. The van der Waals surface area contributed by atoms with Crippen LogP contribution in [-0.4, -0.2) is 16.3 Å². The van der Waals surface area contributed by atoms with E-state index in [0.717, 1.165) is 34.9 Å². The first kappa shape index (κ1) is 15.4. The van der Waals surface area contributed by atoms with Gasteiger partial charge >= 0.3 is 0 Å². The molecule has 1 unspecified atom stereocenters. The third kappa shape index (κ3) is 3.00. The molecule has 20 heavy (non-hydrogen) atoms. The van der Waals surface area contributed by atoms with Crippen molar-refractivity contribution in [1.29, 1.82) is 0 Å². The molecule has 1 aromatic heterocycles. The minimum absolute atomic E-state index is 0.0194. The lowest BCUT2D eigenvalue weighted by Gasteiger charge is -2.21. The van der Waals surface area contributed by atoms with Gasteiger partial charge in [0.05, 0.1) is 23.0 Å². The van der Waals surface area contributed by atoms with Gasteiger partial charge in [0.2, 0.25) is 0 Å². The Kier molecular flexibility index (Phi) is 5.08. The van der Waals surface area contributed by atoms with Gasteiger partial charge in [0.1, 0.15) is 0 Å². The number of hydrogen-bond acceptors (Lipinski definition) is 2. The van der Waals surface area contributed by atoms with Crippen molar-refractivity contribution in [3.8, 4) is 0 Å². The number of aromatic nitrogens is 2. The summed E-state index contributed by atoms with van der Waals surface area (Å²) in [5.41, 5.74) is 3.20. The Morgan fingerprint density at radius 1 is 1.25 bits per heavy atom. The zero-order chi connectivity index (χ0) is 14.7. The maximum absolute atomic E-state index is 6.33. The lowest BCUT2D eigenvalue weighted by Crippen LogP contribution is -2.25. The molecule has 0 bridgehead atoms. The summed E-state index contributed by atoms with van der Waals surface area (Å²) in [5, 5.41) is 9.26. The average Bonchev–Trinajstić information content (AvgIpc) is 2.80. The fraction of sp³-hybridized carbons (Fsp3) is 0.400. The van der Waals surface area contributed by atoms with E-state index in [9.17, 15) is 0 Å². The fourth-order valence-corrected chi connectivity index (χ4v) is 2.70. The van der Waals surface area contributed by atoms with Gasteiger partial charge in [-0.1, -0.05) is 42.3 Å². The Morgan fingerprint density at radius 3 is 2.60 bits per heavy atom. The normalized spacial score (nSPS) is 12.7. The van der Waals surface area contributed by atoms with Crippen molar-refractivity contribution in [2.45, 2.75) is 33.4 Å². The summed E-state index contributed by atoms with van der Waals surface area (Å²) in [6.07, 6.45) is 1.70. The molecule has 5 heteroatoms. The summed E-state index contributed by atoms with van der Waals surface area (Å²) in [7, 11) is 0. The Hall–Kier alpha value is -1.03. The van der Waals surface area contributed by atoms with Crippen molar-refractivity contribution in [1.82, 2.24) is 15.1 Å². The lowest BCUT2D eigenvalue weighted by molar-refractivity contribution is 0.542. The van der Waals surface area contributed by atoms with Crippen LogP contribution in [0.15, 0.2) is 24.4 Å². The van der Waals surface area contributed by atoms with Gasteiger partial charge in [-0.05, 0) is 37.6 Å². The highest BCUT2D eigenvalue weighted by Crippen LogP contribution is 2.30. The second-order valence-corrected chi connectivity index (χ2v) is 5.51. The van der Waals surface area contributed by atoms with Crippen LogP contribution in [0.2, 0.25) is 10.0 Å². The van der Waals surface area contributed by atoms with Crippen molar-refractivity contribution in [3.63, 3.8) is 0 Å². The van der Waals surface area contributed by atoms with Crippen LogP contribution < -0.4 is 5.32 Å². The molecule has 0 fully saturated rings. The molecule has 3 nitrogen and oxygen atoms in total. The molecule has 1 N–H and O–H groups in total. The van der Waals surface area contributed by atoms with Crippen molar-refractivity contribution in [2.75, 3.05) is 6.54 Å². The maximum atomic E-state index is 6.33. The van der Waals surface area contributed by atoms with Gasteiger partial charge < -0.3 is 5.32 Å². The van der Waals surface area contributed by atoms with Crippen LogP contribution in [0.25, 0.3) is 0 Å². The van der Waals surface area contributed by atoms with Crippen LogP contribution >= 0.6 is 23.2 Å². The number of rotatable bonds is 5. The zero-order valence-electron chi connectivity index (χ0n) is 12.0. The summed E-state index contributed by atoms with van der Waals surface area (Å²) in [6, 6.07) is 6.08. The van der Waals surface area contributed by atoms with E-state index in [0.29, 0.717) is 5.02 Å². The van der Waals surface area contributed by atoms with Gasteiger partial charge in [-0.2, -0.15) is 5.10 Å². The third-order valence-corrected chi connectivity index (χ3v) is 4.05. The first-order valence-electron chi connectivity index (χ1n) is 6.79. The standard InChI is InChI=1S/C15H19Cl2N3/c1-4-18-14(11-6-7-12(16)10(3)8-11)15-13(17)9-19-20(15)5-2/h6-9,14,18H,4-5H2,1-3H3. The molecule has 108 valence electrons. The van der Waals surface area contributed by atoms with Crippen molar-refractivity contribution in [2.24, 2.45) is 0 Å². The van der Waals surface area contributed by atoms with Gasteiger partial charge in [0.25, 0.3) is 0 Å². The first-order valence-corrected chi connectivity index (χ1v) is 7.54. The molecule has 0 aliphatic carbocycles. The van der Waals surface area contributed by atoms with E-state index in [1.54, 1.807) is 6.20 Å². The van der Waals surface area contributed by atoms with Gasteiger partial charge in [0.15, 0.2) is 0 Å². The number of nitrogens with one attached hydrogen (secondary N) is 1. The summed E-state index contributed by atoms with van der Waals surface area (Å²) in [4.78, 5) is 0. The largest absolute Gasteiger partial charge is 0.305 e. The Balaban J connectivity index is 2.49. The van der Waals surface area contributed by atoms with Gasteiger partial charge in [-0.3, -0.25) is 4.68 Å². The smallest absolute Gasteiger partial charge is 0.0837 e. The molecule has 1 atom stereocenters. The van der Waals surface area contributed by atoms with E-state index in [1.165, 1.54) is 0 Å². The highest BCUT2D eigenvalue weighted by atomic mass is 35.5. The van der Waals surface area contributed by atoms with E-state index in [-0.39, 0.29) is 6.04 Å². The number of nitrogens with zero attached hydrogens (tertiary/aromatic N) is 2. The van der Waals surface area contributed by atoms with Gasteiger partial charge in [-0.25, -0.2) is 0 Å². The number of aryl methyl sites for hydroxylation is 2. The number of benzene rings is 1. The molecular weight excluding hydrogens is 293 g/mol. The van der Waals surface area contributed by atoms with Crippen LogP contribution in [0.3, 0.4) is 0 Å². The number of halogens is 2. The van der Waals surface area contributed by atoms with E-state index in [4.69, 9.17) is 23.2 Å². The van der Waals surface area contributed by atoms with Crippen LogP contribution in [0, 0.1) is 6.92 Å². The van der Waals surface area contributed by atoms with E-state index in [2.05, 4.69) is 30.3 Å². The Labute approximate surface area is 129 Å². The molecule has 2 aromatic rings. The van der Waals surface area contributed by atoms with Gasteiger partial charge in [0, 0.05) is 11.6 Å². The van der Waals surface area contributed by atoms with Gasteiger partial charge in [-0.15, -0.1) is 0 Å². The Morgan fingerprint density at radius 2 is 2.00 bits per heavy atom. The molecule has 0 aliphatic rings. The molecular formula is C15H19Cl2N3. The topological polar surface area (TPSA) is 29.9 Å². The van der Waals surface area contributed by atoms with Crippen LogP contribution in [0.4, 0.5) is 0 Å². The number of hydrogen-bond donors (Lipinski definition) is 1. The first-order chi connectivity index (χ1) is 9.58. The lowest BCUT2D eigenvalue weighted by atomic mass is 10.0. The van der Waals surface area contributed by atoms with Crippen molar-refractivity contribution >= 4 is 23.2 Å². The SMILES string of the molecule is CCNC(c1ccc(Cl)c(C)c1)c1c(Cl)cnn1CC. The monoisotopic (exact) mass is 311 g/mol. The highest BCUT2D eigenvalue weighted by molar-refractivity contribution is 6.31. The molecule has 0 saturated carbocycles. The van der Waals surface area contributed by atoms with E-state index >= 15 is 0 Å². The molecule has 1 aromatic carbocycles. The average molecular weight is 312 g/mol. The Bertz CT molecular complexity index is 593. The van der Waals surface area contributed by atoms with Crippen molar-refractivity contribution < 1.29 is 0 Å². The molecule has 0 radical (unpaired) electrons. The molecule has 0 spiro atoms. The second-order valence-electron chi connectivity index (χ2n) is 4.69. The van der Waals surface area contributed by atoms with E-state index < -0.39 is 0 Å². The van der Waals surface area contributed by atoms with Crippen LogP contribution in [0.5, 0.6) is 0 Å². The summed E-state index contributed by atoms with van der Waals surface area (Å²) >= 11 is 12.4. The minimum atomic E-state index is 0.0194. The molecule has 0 aliphatic heterocycles. The summed E-state index contributed by atoms with van der Waals surface area (Å²) < 4.78 is 1.93. The minimum Gasteiger partial charge on any atom is -0.305 e. The third-order valence-electron chi connectivity index (χ3n) is 3.33. The predicted octanol–water partition coefficient (Wildman–Crippen LogP) is 4.22. The fourth-order valence-electron chi connectivity index (χ4n) is 2.33. The van der Waals surface area contributed by atoms with Crippen LogP contribution in [0.1, 0.15) is 36.7 Å². The summed E-state index contributed by atoms with van der Waals surface area (Å²) in [6.45, 7) is 7.78. The molecule has 0 saturated heterocycles. The highest BCUT2D eigenvalue weighted by Gasteiger charge is 2.21. The van der Waals surface area contributed by atoms with E-state index in [1.807, 2.05) is 23.7 Å². The molecule has 2 rings (SSSR count). The summed E-state index contributed by atoms with van der Waals surface area (Å²) in [5.74, 6) is 0. The predicted molar refractivity (Wildman–Crippen MR) is 84.6 cm³/mol. The quantitative estimate of drug-likeness (QED) is 0.896. The van der Waals surface area contributed by atoms with Crippen molar-refractivity contribution in [3.05, 3.63) is 51.3 Å². The second kappa shape index (κ2) is 6.61.